The highest BCUT2D eigenvalue weighted by Gasteiger charge is 2.34. The van der Waals surface area contributed by atoms with Gasteiger partial charge in [0.05, 0.1) is 0 Å². The Bertz CT molecular complexity index is 309. The van der Waals surface area contributed by atoms with Crippen LogP contribution in [0.5, 0.6) is 0 Å². The highest BCUT2D eigenvalue weighted by Crippen LogP contribution is 2.33. The van der Waals surface area contributed by atoms with Crippen LogP contribution in [0, 0.1) is 11.8 Å². The molecule has 1 N–H and O–H groups in total. The Morgan fingerprint density at radius 2 is 1.90 bits per heavy atom. The molecule has 2 aliphatic carbocycles. The van der Waals surface area contributed by atoms with Crippen molar-refractivity contribution in [3.8, 4) is 0 Å². The van der Waals surface area contributed by atoms with Crippen molar-refractivity contribution in [2.45, 2.75) is 83.1 Å². The van der Waals surface area contributed by atoms with Gasteiger partial charge in [0.25, 0.3) is 0 Å². The Hall–Kier alpha value is -0.0800. The maximum atomic E-state index is 3.93. The summed E-state index contributed by atoms with van der Waals surface area (Å²) in [4.78, 5) is 2.81. The average molecular weight is 293 g/mol. The largest absolute Gasteiger partial charge is 0.310 e. The molecule has 3 fully saturated rings. The zero-order chi connectivity index (χ0) is 14.5. The standard InChI is InChI=1S/C19H36N2/c1-17-7-5-8-18(15-17)9-14-21-13-6-12-20-19(16-21)10-3-2-4-11-19/h17-18,20H,2-16H2,1H3. The van der Waals surface area contributed by atoms with E-state index in [0.717, 1.165) is 11.8 Å². The molecule has 1 saturated heterocycles. The molecule has 0 bridgehead atoms. The Kier molecular flexibility index (Phi) is 5.61. The van der Waals surface area contributed by atoms with Crippen molar-refractivity contribution < 1.29 is 0 Å². The molecule has 0 radical (unpaired) electrons. The van der Waals surface area contributed by atoms with Gasteiger partial charge in [0, 0.05) is 12.1 Å². The molecular weight excluding hydrogens is 256 g/mol. The van der Waals surface area contributed by atoms with Crippen LogP contribution in [-0.2, 0) is 0 Å². The fourth-order valence-corrected chi connectivity index (χ4v) is 5.16. The van der Waals surface area contributed by atoms with E-state index in [2.05, 4.69) is 17.1 Å². The smallest absolute Gasteiger partial charge is 0.0308 e. The first-order chi connectivity index (χ1) is 10.3. The van der Waals surface area contributed by atoms with Gasteiger partial charge >= 0.3 is 0 Å². The third kappa shape index (κ3) is 4.45. The van der Waals surface area contributed by atoms with E-state index in [1.165, 1.54) is 96.8 Å². The Balaban J connectivity index is 1.49. The van der Waals surface area contributed by atoms with Gasteiger partial charge < -0.3 is 10.2 Å². The van der Waals surface area contributed by atoms with Gasteiger partial charge in [-0.15, -0.1) is 0 Å². The zero-order valence-electron chi connectivity index (χ0n) is 14.2. The normalized spacial score (nSPS) is 34.7. The third-order valence-corrected chi connectivity index (χ3v) is 6.39. The van der Waals surface area contributed by atoms with Gasteiger partial charge in [0.15, 0.2) is 0 Å². The topological polar surface area (TPSA) is 15.3 Å². The van der Waals surface area contributed by atoms with Crippen LogP contribution < -0.4 is 5.32 Å². The molecule has 2 atom stereocenters. The summed E-state index contributed by atoms with van der Waals surface area (Å²) < 4.78 is 0. The van der Waals surface area contributed by atoms with E-state index in [1.807, 2.05) is 0 Å². The summed E-state index contributed by atoms with van der Waals surface area (Å²) in [6.07, 6.45) is 16.0. The highest BCUT2D eigenvalue weighted by molar-refractivity contribution is 4.95. The fraction of sp³-hybridized carbons (Fsp3) is 1.00. The van der Waals surface area contributed by atoms with Crippen molar-refractivity contribution in [1.29, 1.82) is 0 Å². The molecule has 2 heteroatoms. The summed E-state index contributed by atoms with van der Waals surface area (Å²) in [6, 6.07) is 0. The molecule has 1 heterocycles. The van der Waals surface area contributed by atoms with Crippen molar-refractivity contribution in [2.24, 2.45) is 11.8 Å². The minimum atomic E-state index is 0.481. The fourth-order valence-electron chi connectivity index (χ4n) is 5.16. The maximum absolute atomic E-state index is 3.93. The van der Waals surface area contributed by atoms with E-state index in [4.69, 9.17) is 0 Å². The van der Waals surface area contributed by atoms with E-state index in [0.29, 0.717) is 5.54 Å². The lowest BCUT2D eigenvalue weighted by atomic mass is 9.80. The molecule has 2 nitrogen and oxygen atoms in total. The lowest BCUT2D eigenvalue weighted by molar-refractivity contribution is 0.150. The summed E-state index contributed by atoms with van der Waals surface area (Å²) in [5.41, 5.74) is 0.481. The van der Waals surface area contributed by atoms with Gasteiger partial charge in [-0.05, 0) is 63.6 Å². The molecule has 0 amide bonds. The molecule has 0 aromatic heterocycles. The molecule has 1 aliphatic heterocycles. The molecule has 2 unspecified atom stereocenters. The summed E-state index contributed by atoms with van der Waals surface area (Å²) >= 11 is 0. The quantitative estimate of drug-likeness (QED) is 0.838. The predicted molar refractivity (Wildman–Crippen MR) is 90.6 cm³/mol. The van der Waals surface area contributed by atoms with Gasteiger partial charge in [-0.2, -0.15) is 0 Å². The maximum Gasteiger partial charge on any atom is 0.0308 e. The molecule has 2 saturated carbocycles. The van der Waals surface area contributed by atoms with Crippen LogP contribution in [-0.4, -0.2) is 36.6 Å². The lowest BCUT2D eigenvalue weighted by Crippen LogP contribution is -2.52. The second kappa shape index (κ2) is 7.46. The lowest BCUT2D eigenvalue weighted by Gasteiger charge is -2.40. The van der Waals surface area contributed by atoms with Gasteiger partial charge in [0.2, 0.25) is 0 Å². The predicted octanol–water partition coefficient (Wildman–Crippen LogP) is 4.20. The SMILES string of the molecule is CC1CCCC(CCN2CCCNC3(CCCCC3)C2)C1. The van der Waals surface area contributed by atoms with Crippen molar-refractivity contribution in [3.63, 3.8) is 0 Å². The average Bonchev–Trinajstić information content (AvgIpc) is 2.69. The number of hydrogen-bond acceptors (Lipinski definition) is 2. The highest BCUT2D eigenvalue weighted by atomic mass is 15.2. The Labute approximate surface area is 132 Å². The van der Waals surface area contributed by atoms with Crippen LogP contribution in [0.1, 0.15) is 77.6 Å². The summed E-state index contributed by atoms with van der Waals surface area (Å²) in [5.74, 6) is 2.01. The molecular formula is C19H36N2. The number of hydrogen-bond donors (Lipinski definition) is 1. The van der Waals surface area contributed by atoms with E-state index >= 15 is 0 Å². The molecule has 0 aromatic carbocycles. The van der Waals surface area contributed by atoms with Crippen molar-refractivity contribution in [3.05, 3.63) is 0 Å². The minimum Gasteiger partial charge on any atom is -0.310 e. The number of nitrogens with one attached hydrogen (secondary N) is 1. The minimum absolute atomic E-state index is 0.481. The van der Waals surface area contributed by atoms with Crippen LogP contribution in [0.25, 0.3) is 0 Å². The second-order valence-electron chi connectivity index (χ2n) is 8.32. The first kappa shape index (κ1) is 15.8. The van der Waals surface area contributed by atoms with E-state index in [-0.39, 0.29) is 0 Å². The Morgan fingerprint density at radius 3 is 2.71 bits per heavy atom. The van der Waals surface area contributed by atoms with Crippen molar-refractivity contribution in [2.75, 3.05) is 26.2 Å². The molecule has 1 spiro atoms. The van der Waals surface area contributed by atoms with Crippen LogP contribution in [0.3, 0.4) is 0 Å². The van der Waals surface area contributed by atoms with Gasteiger partial charge in [0.1, 0.15) is 0 Å². The van der Waals surface area contributed by atoms with Gasteiger partial charge in [-0.1, -0.05) is 45.4 Å². The van der Waals surface area contributed by atoms with Gasteiger partial charge in [-0.3, -0.25) is 0 Å². The van der Waals surface area contributed by atoms with Crippen LogP contribution in [0.4, 0.5) is 0 Å². The zero-order valence-corrected chi connectivity index (χ0v) is 14.2. The Morgan fingerprint density at radius 1 is 1.05 bits per heavy atom. The second-order valence-corrected chi connectivity index (χ2v) is 8.32. The van der Waals surface area contributed by atoms with E-state index in [1.54, 1.807) is 0 Å². The first-order valence-corrected chi connectivity index (χ1v) is 9.73. The van der Waals surface area contributed by atoms with Crippen LogP contribution >= 0.6 is 0 Å². The molecule has 3 aliphatic rings. The molecule has 0 aromatic rings. The summed E-state index contributed by atoms with van der Waals surface area (Å²) in [5, 5.41) is 3.93. The summed E-state index contributed by atoms with van der Waals surface area (Å²) in [6.45, 7) is 7.73. The monoisotopic (exact) mass is 292 g/mol. The first-order valence-electron chi connectivity index (χ1n) is 9.73. The number of rotatable bonds is 3. The number of nitrogens with zero attached hydrogens (tertiary/aromatic N) is 1. The van der Waals surface area contributed by atoms with Crippen LogP contribution in [0.15, 0.2) is 0 Å². The third-order valence-electron chi connectivity index (χ3n) is 6.39. The van der Waals surface area contributed by atoms with Crippen molar-refractivity contribution >= 4 is 0 Å². The summed E-state index contributed by atoms with van der Waals surface area (Å²) in [7, 11) is 0. The van der Waals surface area contributed by atoms with Crippen molar-refractivity contribution in [1.82, 2.24) is 10.2 Å². The van der Waals surface area contributed by atoms with E-state index in [9.17, 15) is 0 Å². The molecule has 21 heavy (non-hydrogen) atoms. The molecule has 122 valence electrons. The molecule has 3 rings (SSSR count). The van der Waals surface area contributed by atoms with Crippen LogP contribution in [0.2, 0.25) is 0 Å². The van der Waals surface area contributed by atoms with E-state index < -0.39 is 0 Å². The van der Waals surface area contributed by atoms with Gasteiger partial charge in [-0.25, -0.2) is 0 Å².